The van der Waals surface area contributed by atoms with Crippen molar-refractivity contribution in [1.82, 2.24) is 10.2 Å². The minimum absolute atomic E-state index is 0.695. The van der Waals surface area contributed by atoms with Gasteiger partial charge in [-0.15, -0.1) is 10.2 Å². The Hall–Kier alpha value is -1.20. The Morgan fingerprint density at radius 2 is 2.36 bits per heavy atom. The van der Waals surface area contributed by atoms with Crippen LogP contribution < -0.4 is 5.73 Å². The van der Waals surface area contributed by atoms with Crippen molar-refractivity contribution < 1.29 is 4.42 Å². The summed E-state index contributed by atoms with van der Waals surface area (Å²) in [4.78, 5) is 0. The average molecular weight is 209 g/mol. The van der Waals surface area contributed by atoms with Gasteiger partial charge in [0.05, 0.1) is 11.8 Å². The van der Waals surface area contributed by atoms with Crippen molar-refractivity contribution in [2.45, 2.75) is 12.8 Å². The Balaban J connectivity index is 2.10. The van der Waals surface area contributed by atoms with Gasteiger partial charge in [0, 0.05) is 6.42 Å². The third kappa shape index (κ3) is 2.00. The highest BCUT2D eigenvalue weighted by Crippen LogP contribution is 2.23. The predicted molar refractivity (Wildman–Crippen MR) is 55.0 cm³/mol. The fourth-order valence-corrected chi connectivity index (χ4v) is 1.98. The fourth-order valence-electron chi connectivity index (χ4n) is 1.11. The average Bonchev–Trinajstić information content (AvgIpc) is 2.85. The third-order valence-electron chi connectivity index (χ3n) is 1.83. The Labute approximate surface area is 85.8 Å². The van der Waals surface area contributed by atoms with Crippen molar-refractivity contribution in [3.63, 3.8) is 0 Å². The number of nitrogens with two attached hydrogens (primary N) is 1. The number of hydrogen-bond acceptors (Lipinski definition) is 5. The van der Waals surface area contributed by atoms with Crippen molar-refractivity contribution >= 4 is 11.3 Å². The van der Waals surface area contributed by atoms with E-state index >= 15 is 0 Å². The normalized spacial score (nSPS) is 10.6. The molecule has 4 nitrogen and oxygen atoms in total. The van der Waals surface area contributed by atoms with Gasteiger partial charge in [0.15, 0.2) is 5.01 Å². The van der Waals surface area contributed by atoms with Crippen LogP contribution in [0.5, 0.6) is 0 Å². The highest BCUT2D eigenvalue weighted by molar-refractivity contribution is 7.14. The molecule has 0 aliphatic carbocycles. The quantitative estimate of drug-likeness (QED) is 0.832. The maximum absolute atomic E-state index is 5.42. The molecule has 5 heteroatoms. The number of hydrogen-bond donors (Lipinski definition) is 1. The number of furan rings is 1. The molecule has 0 saturated heterocycles. The van der Waals surface area contributed by atoms with Gasteiger partial charge in [0.25, 0.3) is 0 Å². The van der Waals surface area contributed by atoms with E-state index in [2.05, 4.69) is 10.2 Å². The van der Waals surface area contributed by atoms with Gasteiger partial charge in [-0.3, -0.25) is 0 Å². The summed E-state index contributed by atoms with van der Waals surface area (Å²) in [5.41, 5.74) is 6.41. The molecule has 2 N–H and O–H groups in total. The predicted octanol–water partition coefficient (Wildman–Crippen LogP) is 1.69. The molecule has 14 heavy (non-hydrogen) atoms. The summed E-state index contributed by atoms with van der Waals surface area (Å²) in [7, 11) is 0. The maximum Gasteiger partial charge on any atom is 0.151 e. The zero-order chi connectivity index (χ0) is 9.80. The second-order valence-corrected chi connectivity index (χ2v) is 3.97. The summed E-state index contributed by atoms with van der Waals surface area (Å²) < 4.78 is 4.98. The van der Waals surface area contributed by atoms with Crippen LogP contribution in [-0.4, -0.2) is 16.7 Å². The van der Waals surface area contributed by atoms with Crippen LogP contribution in [-0.2, 0) is 6.42 Å². The summed E-state index contributed by atoms with van der Waals surface area (Å²) in [6.07, 6.45) is 5.18. The Bertz CT molecular complexity index is 382. The van der Waals surface area contributed by atoms with E-state index in [0.717, 1.165) is 28.4 Å². The van der Waals surface area contributed by atoms with Crippen molar-refractivity contribution in [2.75, 3.05) is 6.54 Å². The van der Waals surface area contributed by atoms with E-state index in [4.69, 9.17) is 10.2 Å². The first kappa shape index (κ1) is 9.36. The molecule has 0 amide bonds. The first-order chi connectivity index (χ1) is 6.90. The molecule has 0 saturated carbocycles. The van der Waals surface area contributed by atoms with Crippen molar-refractivity contribution in [3.8, 4) is 10.6 Å². The van der Waals surface area contributed by atoms with Gasteiger partial charge in [0.1, 0.15) is 11.3 Å². The van der Waals surface area contributed by atoms with Crippen LogP contribution in [0, 0.1) is 0 Å². The molecule has 0 unspecified atom stereocenters. The number of rotatable bonds is 4. The minimum atomic E-state index is 0.695. The van der Waals surface area contributed by atoms with Crippen LogP contribution in [0.15, 0.2) is 23.0 Å². The standard InChI is InChI=1S/C9H11N3OS/c10-4-1-2-8-11-12-9(14-8)7-3-5-13-6-7/h3,5-6H,1-2,4,10H2. The molecular formula is C9H11N3OS. The van der Waals surface area contributed by atoms with E-state index in [1.54, 1.807) is 23.9 Å². The van der Waals surface area contributed by atoms with Gasteiger partial charge in [-0.05, 0) is 19.0 Å². The monoisotopic (exact) mass is 209 g/mol. The molecule has 2 rings (SSSR count). The Morgan fingerprint density at radius 1 is 1.43 bits per heavy atom. The fraction of sp³-hybridized carbons (Fsp3) is 0.333. The van der Waals surface area contributed by atoms with E-state index in [1.807, 2.05) is 6.07 Å². The van der Waals surface area contributed by atoms with Gasteiger partial charge in [0.2, 0.25) is 0 Å². The molecule has 0 fully saturated rings. The van der Waals surface area contributed by atoms with E-state index < -0.39 is 0 Å². The van der Waals surface area contributed by atoms with Crippen LogP contribution in [0.3, 0.4) is 0 Å². The van der Waals surface area contributed by atoms with Crippen LogP contribution >= 0.6 is 11.3 Å². The van der Waals surface area contributed by atoms with Crippen molar-refractivity contribution in [1.29, 1.82) is 0 Å². The number of aryl methyl sites for hydroxylation is 1. The molecular weight excluding hydrogens is 198 g/mol. The Kier molecular flexibility index (Phi) is 2.90. The first-order valence-corrected chi connectivity index (χ1v) is 5.27. The van der Waals surface area contributed by atoms with E-state index in [-0.39, 0.29) is 0 Å². The lowest BCUT2D eigenvalue weighted by Gasteiger charge is -1.89. The second kappa shape index (κ2) is 4.34. The molecule has 0 spiro atoms. The summed E-state index contributed by atoms with van der Waals surface area (Å²) in [5, 5.41) is 10.1. The highest BCUT2D eigenvalue weighted by atomic mass is 32.1. The lowest BCUT2D eigenvalue weighted by molar-refractivity contribution is 0.568. The molecule has 0 bridgehead atoms. The summed E-state index contributed by atoms with van der Waals surface area (Å²) in [5.74, 6) is 0. The molecule has 0 aliphatic rings. The molecule has 2 heterocycles. The maximum atomic E-state index is 5.42. The lowest BCUT2D eigenvalue weighted by Crippen LogP contribution is -1.99. The number of aromatic nitrogens is 2. The minimum Gasteiger partial charge on any atom is -0.472 e. The van der Waals surface area contributed by atoms with Crippen molar-refractivity contribution in [2.24, 2.45) is 5.73 Å². The molecule has 0 aliphatic heterocycles. The van der Waals surface area contributed by atoms with Crippen molar-refractivity contribution in [3.05, 3.63) is 23.6 Å². The molecule has 2 aromatic heterocycles. The number of nitrogens with zero attached hydrogens (tertiary/aromatic N) is 2. The molecule has 2 aromatic rings. The molecule has 0 atom stereocenters. The molecule has 74 valence electrons. The van der Waals surface area contributed by atoms with Crippen LogP contribution in [0.2, 0.25) is 0 Å². The smallest absolute Gasteiger partial charge is 0.151 e. The first-order valence-electron chi connectivity index (χ1n) is 4.45. The summed E-state index contributed by atoms with van der Waals surface area (Å²) >= 11 is 1.59. The summed E-state index contributed by atoms with van der Waals surface area (Å²) in [6, 6.07) is 1.88. The zero-order valence-electron chi connectivity index (χ0n) is 7.64. The van der Waals surface area contributed by atoms with Gasteiger partial charge in [-0.2, -0.15) is 0 Å². The zero-order valence-corrected chi connectivity index (χ0v) is 8.46. The topological polar surface area (TPSA) is 64.9 Å². The molecule has 0 aromatic carbocycles. The molecule has 0 radical (unpaired) electrons. The Morgan fingerprint density at radius 3 is 3.07 bits per heavy atom. The van der Waals surface area contributed by atoms with E-state index in [1.165, 1.54) is 0 Å². The van der Waals surface area contributed by atoms with E-state index in [0.29, 0.717) is 6.54 Å². The largest absolute Gasteiger partial charge is 0.472 e. The van der Waals surface area contributed by atoms with Crippen LogP contribution in [0.1, 0.15) is 11.4 Å². The van der Waals surface area contributed by atoms with Crippen LogP contribution in [0.25, 0.3) is 10.6 Å². The van der Waals surface area contributed by atoms with Gasteiger partial charge in [-0.25, -0.2) is 0 Å². The van der Waals surface area contributed by atoms with Gasteiger partial charge < -0.3 is 10.2 Å². The second-order valence-electron chi connectivity index (χ2n) is 2.91. The SMILES string of the molecule is NCCCc1nnc(-c2ccoc2)s1. The highest BCUT2D eigenvalue weighted by Gasteiger charge is 2.06. The summed E-state index contributed by atoms with van der Waals surface area (Å²) in [6.45, 7) is 0.695. The third-order valence-corrected chi connectivity index (χ3v) is 2.86. The van der Waals surface area contributed by atoms with Gasteiger partial charge >= 0.3 is 0 Å². The van der Waals surface area contributed by atoms with Gasteiger partial charge in [-0.1, -0.05) is 11.3 Å². The van der Waals surface area contributed by atoms with E-state index in [9.17, 15) is 0 Å². The lowest BCUT2D eigenvalue weighted by atomic mass is 10.3. The van der Waals surface area contributed by atoms with Crippen LogP contribution in [0.4, 0.5) is 0 Å².